The van der Waals surface area contributed by atoms with Crippen LogP contribution in [0.15, 0.2) is 0 Å². The number of thioether (sulfide) groups is 1. The molecule has 0 aromatic rings. The van der Waals surface area contributed by atoms with Crippen LogP contribution in [-0.4, -0.2) is 35.0 Å². The van der Waals surface area contributed by atoms with Crippen molar-refractivity contribution in [1.82, 2.24) is 4.90 Å². The Morgan fingerprint density at radius 3 is 2.75 bits per heavy atom. The lowest BCUT2D eigenvalue weighted by atomic mass is 9.98. The van der Waals surface area contributed by atoms with E-state index in [1.54, 1.807) is 0 Å². The van der Waals surface area contributed by atoms with E-state index in [4.69, 9.17) is 0 Å². The number of hydrogen-bond donors (Lipinski definition) is 0. The summed E-state index contributed by atoms with van der Waals surface area (Å²) >= 11 is 2.24. The van der Waals surface area contributed by atoms with Gasteiger partial charge >= 0.3 is 0 Å². The van der Waals surface area contributed by atoms with Crippen LogP contribution in [0.2, 0.25) is 0 Å². The lowest BCUT2D eigenvalue weighted by Crippen LogP contribution is -2.31. The second kappa shape index (κ2) is 3.22. The van der Waals surface area contributed by atoms with Gasteiger partial charge in [0, 0.05) is 17.3 Å². The molecular weight excluding hydrogens is 166 g/mol. The van der Waals surface area contributed by atoms with Gasteiger partial charge in [-0.25, -0.2) is 0 Å². The molecule has 2 rings (SSSR count). The molecule has 0 saturated carbocycles. The van der Waals surface area contributed by atoms with Gasteiger partial charge < -0.3 is 4.90 Å². The Morgan fingerprint density at radius 1 is 1.42 bits per heavy atom. The molecule has 2 aliphatic heterocycles. The Hall–Kier alpha value is 0.310. The molecule has 2 aliphatic rings. The van der Waals surface area contributed by atoms with Gasteiger partial charge in [0.2, 0.25) is 0 Å². The van der Waals surface area contributed by atoms with Crippen molar-refractivity contribution >= 4 is 11.8 Å². The third-order valence-electron chi connectivity index (χ3n) is 3.39. The van der Waals surface area contributed by atoms with Crippen molar-refractivity contribution in [3.05, 3.63) is 0 Å². The van der Waals surface area contributed by atoms with Crippen molar-refractivity contribution in [3.8, 4) is 0 Å². The van der Waals surface area contributed by atoms with Crippen LogP contribution in [0.4, 0.5) is 0 Å². The minimum atomic E-state index is 0.659. The van der Waals surface area contributed by atoms with E-state index in [1.807, 2.05) is 0 Å². The molecule has 12 heavy (non-hydrogen) atoms. The van der Waals surface area contributed by atoms with Gasteiger partial charge in [0.25, 0.3) is 0 Å². The maximum atomic E-state index is 2.53. The SMILES string of the molecule is CC1CC2(CCCCS2)CN1C. The first kappa shape index (κ1) is 8.89. The summed E-state index contributed by atoms with van der Waals surface area (Å²) in [5.41, 5.74) is 0. The van der Waals surface area contributed by atoms with Gasteiger partial charge in [-0.3, -0.25) is 0 Å². The summed E-state index contributed by atoms with van der Waals surface area (Å²) in [6.07, 6.45) is 5.80. The highest BCUT2D eigenvalue weighted by Gasteiger charge is 2.41. The summed E-state index contributed by atoms with van der Waals surface area (Å²) in [5, 5.41) is 0. The Labute approximate surface area is 79.9 Å². The van der Waals surface area contributed by atoms with E-state index in [2.05, 4.69) is 30.6 Å². The van der Waals surface area contributed by atoms with E-state index < -0.39 is 0 Å². The lowest BCUT2D eigenvalue weighted by Gasteiger charge is -2.32. The maximum Gasteiger partial charge on any atom is 0.0301 e. The van der Waals surface area contributed by atoms with E-state index >= 15 is 0 Å². The molecule has 1 nitrogen and oxygen atoms in total. The number of hydrogen-bond acceptors (Lipinski definition) is 2. The van der Waals surface area contributed by atoms with Crippen LogP contribution < -0.4 is 0 Å². The third kappa shape index (κ3) is 1.51. The third-order valence-corrected chi connectivity index (χ3v) is 5.00. The maximum absolute atomic E-state index is 2.53. The van der Waals surface area contributed by atoms with Crippen molar-refractivity contribution in [2.75, 3.05) is 19.3 Å². The molecule has 2 saturated heterocycles. The Balaban J connectivity index is 2.02. The number of rotatable bonds is 0. The highest BCUT2D eigenvalue weighted by atomic mass is 32.2. The second-order valence-corrected chi connectivity index (χ2v) is 6.02. The predicted molar refractivity (Wildman–Crippen MR) is 55.7 cm³/mol. The molecule has 0 aromatic heterocycles. The average Bonchev–Trinajstić information content (AvgIpc) is 2.29. The van der Waals surface area contributed by atoms with E-state index in [0.717, 1.165) is 6.04 Å². The van der Waals surface area contributed by atoms with Gasteiger partial charge in [0.15, 0.2) is 0 Å². The minimum absolute atomic E-state index is 0.659. The highest BCUT2D eigenvalue weighted by Crippen LogP contribution is 2.44. The van der Waals surface area contributed by atoms with Crippen molar-refractivity contribution in [2.24, 2.45) is 0 Å². The average molecular weight is 185 g/mol. The zero-order chi connectivity index (χ0) is 8.60. The van der Waals surface area contributed by atoms with Gasteiger partial charge in [-0.2, -0.15) is 11.8 Å². The predicted octanol–water partition coefficient (Wildman–Crippen LogP) is 2.37. The van der Waals surface area contributed by atoms with Crippen molar-refractivity contribution in [2.45, 2.75) is 43.4 Å². The van der Waals surface area contributed by atoms with Crippen LogP contribution in [0, 0.1) is 0 Å². The topological polar surface area (TPSA) is 3.24 Å². The molecule has 2 atom stereocenters. The Bertz CT molecular complexity index is 151. The van der Waals surface area contributed by atoms with Gasteiger partial charge in [0.05, 0.1) is 0 Å². The molecular formula is C10H19NS. The van der Waals surface area contributed by atoms with E-state index in [0.29, 0.717) is 4.75 Å². The summed E-state index contributed by atoms with van der Waals surface area (Å²) < 4.78 is 0.659. The summed E-state index contributed by atoms with van der Waals surface area (Å²) in [6.45, 7) is 3.70. The van der Waals surface area contributed by atoms with E-state index in [9.17, 15) is 0 Å². The van der Waals surface area contributed by atoms with Gasteiger partial charge in [0.1, 0.15) is 0 Å². The first-order valence-electron chi connectivity index (χ1n) is 5.06. The summed E-state index contributed by atoms with van der Waals surface area (Å²) in [6, 6.07) is 0.815. The van der Waals surface area contributed by atoms with Crippen LogP contribution in [0.1, 0.15) is 32.6 Å². The first-order valence-corrected chi connectivity index (χ1v) is 6.05. The monoisotopic (exact) mass is 185 g/mol. The van der Waals surface area contributed by atoms with Crippen molar-refractivity contribution < 1.29 is 0 Å². The van der Waals surface area contributed by atoms with Crippen LogP contribution in [-0.2, 0) is 0 Å². The Morgan fingerprint density at radius 2 is 2.25 bits per heavy atom. The standard InChI is InChI=1S/C10H19NS/c1-9-7-10(8-11(9)2)5-3-4-6-12-10/h9H,3-8H2,1-2H3. The highest BCUT2D eigenvalue weighted by molar-refractivity contribution is 8.00. The molecule has 0 aromatic carbocycles. The zero-order valence-electron chi connectivity index (χ0n) is 8.18. The van der Waals surface area contributed by atoms with Crippen LogP contribution in [0.5, 0.6) is 0 Å². The van der Waals surface area contributed by atoms with Crippen LogP contribution in [0.3, 0.4) is 0 Å². The van der Waals surface area contributed by atoms with E-state index in [-0.39, 0.29) is 0 Å². The summed E-state index contributed by atoms with van der Waals surface area (Å²) in [5.74, 6) is 1.40. The van der Waals surface area contributed by atoms with Crippen molar-refractivity contribution in [1.29, 1.82) is 0 Å². The fourth-order valence-electron chi connectivity index (χ4n) is 2.56. The molecule has 0 aliphatic carbocycles. The Kier molecular flexibility index (Phi) is 2.39. The van der Waals surface area contributed by atoms with E-state index in [1.165, 1.54) is 38.0 Å². The van der Waals surface area contributed by atoms with Gasteiger partial charge in [-0.05, 0) is 39.0 Å². The van der Waals surface area contributed by atoms with Gasteiger partial charge in [-0.15, -0.1) is 0 Å². The summed E-state index contributed by atoms with van der Waals surface area (Å²) in [7, 11) is 2.27. The molecule has 2 unspecified atom stereocenters. The molecule has 0 radical (unpaired) electrons. The first-order chi connectivity index (χ1) is 5.72. The summed E-state index contributed by atoms with van der Waals surface area (Å²) in [4.78, 5) is 2.53. The molecule has 70 valence electrons. The fraction of sp³-hybridized carbons (Fsp3) is 1.00. The molecule has 0 amide bonds. The minimum Gasteiger partial charge on any atom is -0.302 e. The normalized spacial score (nSPS) is 44.0. The largest absolute Gasteiger partial charge is 0.302 e. The van der Waals surface area contributed by atoms with Crippen LogP contribution >= 0.6 is 11.8 Å². The second-order valence-electron chi connectivity index (χ2n) is 4.46. The number of nitrogens with zero attached hydrogens (tertiary/aromatic N) is 1. The zero-order valence-corrected chi connectivity index (χ0v) is 8.99. The van der Waals surface area contributed by atoms with Crippen LogP contribution in [0.25, 0.3) is 0 Å². The lowest BCUT2D eigenvalue weighted by molar-refractivity contribution is 0.326. The molecule has 1 spiro atoms. The quantitative estimate of drug-likeness (QED) is 0.570. The molecule has 0 bridgehead atoms. The fourth-order valence-corrected chi connectivity index (χ4v) is 4.29. The molecule has 2 heterocycles. The smallest absolute Gasteiger partial charge is 0.0301 e. The molecule has 2 fully saturated rings. The number of likely N-dealkylation sites (tertiary alicyclic amines) is 1. The molecule has 0 N–H and O–H groups in total. The van der Waals surface area contributed by atoms with Crippen molar-refractivity contribution in [3.63, 3.8) is 0 Å². The molecule has 2 heteroatoms. The van der Waals surface area contributed by atoms with Gasteiger partial charge in [-0.1, -0.05) is 6.42 Å².